The van der Waals surface area contributed by atoms with E-state index in [0.717, 1.165) is 21.9 Å². The van der Waals surface area contributed by atoms with Crippen molar-refractivity contribution in [2.24, 2.45) is 0 Å². The Morgan fingerprint density at radius 3 is 2.39 bits per heavy atom. The zero-order chi connectivity index (χ0) is 22.4. The molecule has 0 saturated heterocycles. The highest BCUT2D eigenvalue weighted by atomic mass is 16.3. The fourth-order valence-corrected chi connectivity index (χ4v) is 3.12. The smallest absolute Gasteiger partial charge is 0.229 e. The van der Waals surface area contributed by atoms with E-state index < -0.39 is 5.11 Å². The molecule has 4 aromatic rings. The number of hydrogen-bond acceptors (Lipinski definition) is 6. The molecule has 0 aliphatic carbocycles. The first-order valence-corrected chi connectivity index (χ1v) is 10.3. The topological polar surface area (TPSA) is 92.9 Å². The molecule has 0 radical (unpaired) electrons. The number of oxazole rings is 1. The van der Waals surface area contributed by atoms with Crippen LogP contribution in [-0.2, 0) is 4.79 Å². The van der Waals surface area contributed by atoms with Gasteiger partial charge in [-0.1, -0.05) is 12.1 Å². The second-order valence-corrected chi connectivity index (χ2v) is 9.70. The Labute approximate surface area is 186 Å². The molecule has 0 atom stereocenters. The summed E-state index contributed by atoms with van der Waals surface area (Å²) in [5, 5.41) is 7.28. The Kier molecular flexibility index (Phi) is 5.15. The molecule has 3 aromatic heterocycles. The van der Waals surface area contributed by atoms with E-state index >= 15 is 0 Å². The number of amides is 1. The Hall–Kier alpha value is -3.09. The van der Waals surface area contributed by atoms with E-state index in [-0.39, 0.29) is 11.1 Å². The van der Waals surface area contributed by atoms with E-state index in [9.17, 15) is 4.79 Å². The SMILES string of the molecule is BC(B)(B)Nc1ncc(-c2nc3ccccc3o2)c2cc(NC(=O)C(B)(B)B)ncc12. The van der Waals surface area contributed by atoms with Gasteiger partial charge in [0.1, 0.15) is 64.2 Å². The van der Waals surface area contributed by atoms with Crippen molar-refractivity contribution in [1.82, 2.24) is 15.0 Å². The van der Waals surface area contributed by atoms with Gasteiger partial charge in [-0.05, 0) is 28.5 Å². The van der Waals surface area contributed by atoms with E-state index in [1.54, 1.807) is 12.4 Å². The number of fused-ring (bicyclic) bond motifs is 2. The van der Waals surface area contributed by atoms with Crippen molar-refractivity contribution in [3.63, 3.8) is 0 Å². The summed E-state index contributed by atoms with van der Waals surface area (Å²) in [7, 11) is 11.8. The predicted molar refractivity (Wildman–Crippen MR) is 141 cm³/mol. The monoisotopic (exact) mass is 405 g/mol. The summed E-state index contributed by atoms with van der Waals surface area (Å²) >= 11 is 0. The van der Waals surface area contributed by atoms with Crippen LogP contribution in [0.3, 0.4) is 0 Å². The first-order chi connectivity index (χ1) is 14.5. The lowest BCUT2D eigenvalue weighted by atomic mass is 9.42. The van der Waals surface area contributed by atoms with Crippen LogP contribution in [0, 0.1) is 0 Å². The summed E-state index contributed by atoms with van der Waals surface area (Å²) in [4.78, 5) is 26.2. The van der Waals surface area contributed by atoms with Gasteiger partial charge >= 0.3 is 0 Å². The highest BCUT2D eigenvalue weighted by Crippen LogP contribution is 2.34. The van der Waals surface area contributed by atoms with Gasteiger partial charge in [-0.15, -0.1) is 0 Å². The summed E-state index contributed by atoms with van der Waals surface area (Å²) < 4.78 is 6.00. The quantitative estimate of drug-likeness (QED) is 0.351. The molecular weight excluding hydrogens is 383 g/mol. The summed E-state index contributed by atoms with van der Waals surface area (Å²) in [6.07, 6.45) is 3.47. The molecule has 1 aromatic carbocycles. The van der Waals surface area contributed by atoms with Crippen molar-refractivity contribution in [2.75, 3.05) is 10.6 Å². The second-order valence-electron chi connectivity index (χ2n) is 9.70. The zero-order valence-electron chi connectivity index (χ0n) is 18.7. The van der Waals surface area contributed by atoms with Crippen LogP contribution < -0.4 is 10.6 Å². The van der Waals surface area contributed by atoms with Crippen molar-refractivity contribution in [2.45, 2.75) is 10.4 Å². The minimum Gasteiger partial charge on any atom is -0.436 e. The molecule has 0 spiro atoms. The third-order valence-corrected chi connectivity index (χ3v) is 4.71. The fraction of sp³-hybridized carbons (Fsp3) is 0.111. The molecule has 148 valence electrons. The lowest BCUT2D eigenvalue weighted by Crippen LogP contribution is -2.40. The number of carbonyl (C=O) groups is 1. The number of anilines is 2. The van der Waals surface area contributed by atoms with Crippen LogP contribution in [0.2, 0.25) is 5.11 Å². The minimum absolute atomic E-state index is 0.107. The maximum atomic E-state index is 12.5. The largest absolute Gasteiger partial charge is 0.436 e. The number of benzene rings is 1. The highest BCUT2D eigenvalue weighted by Gasteiger charge is 2.23. The Morgan fingerprint density at radius 2 is 1.71 bits per heavy atom. The van der Waals surface area contributed by atoms with Gasteiger partial charge in [-0.2, -0.15) is 0 Å². The Bertz CT molecular complexity index is 1270. The van der Waals surface area contributed by atoms with Gasteiger partial charge in [0.2, 0.25) is 11.8 Å². The van der Waals surface area contributed by atoms with Crippen molar-refractivity contribution < 1.29 is 9.21 Å². The van der Waals surface area contributed by atoms with Crippen LogP contribution in [-0.4, -0.2) is 73.2 Å². The van der Waals surface area contributed by atoms with E-state index in [2.05, 4.69) is 49.1 Å². The standard InChI is InChI=1S/C18H21B6N5O2/c19-17(20,21)16(30)28-13-5-8-9(6-25-13)14(29-18(22,23)24)26-7-10(8)15-27-11-3-1-2-4-12(11)31-15/h1-7H,19-24H2,(H,26,29)(H,25,28,30). The van der Waals surface area contributed by atoms with Crippen molar-refractivity contribution in [3.8, 4) is 11.5 Å². The summed E-state index contributed by atoms with van der Waals surface area (Å²) in [5.41, 5.74) is 2.22. The number of nitrogens with one attached hydrogen (secondary N) is 2. The third-order valence-electron chi connectivity index (χ3n) is 4.71. The van der Waals surface area contributed by atoms with E-state index in [4.69, 9.17) is 4.42 Å². The molecule has 31 heavy (non-hydrogen) atoms. The molecule has 0 unspecified atom stereocenters. The number of nitrogens with zero attached hydrogens (tertiary/aromatic N) is 3. The molecule has 0 fully saturated rings. The summed E-state index contributed by atoms with van der Waals surface area (Å²) in [6.45, 7) is 0. The molecule has 0 aliphatic heterocycles. The number of hydrogen-bond donors (Lipinski definition) is 2. The maximum Gasteiger partial charge on any atom is 0.229 e. The second kappa shape index (κ2) is 7.55. The van der Waals surface area contributed by atoms with Crippen molar-refractivity contribution in [3.05, 3.63) is 42.7 Å². The van der Waals surface area contributed by atoms with Crippen LogP contribution >= 0.6 is 0 Å². The molecule has 0 aliphatic rings. The summed E-state index contributed by atoms with van der Waals surface area (Å²) in [6, 6.07) is 9.47. The molecule has 4 rings (SSSR count). The van der Waals surface area contributed by atoms with E-state index in [0.29, 0.717) is 23.1 Å². The van der Waals surface area contributed by atoms with Gasteiger partial charge in [0.15, 0.2) is 5.58 Å². The third kappa shape index (κ3) is 4.50. The van der Waals surface area contributed by atoms with Gasteiger partial charge in [-0.3, -0.25) is 4.79 Å². The van der Waals surface area contributed by atoms with Gasteiger partial charge in [0, 0.05) is 23.2 Å². The number of carbonyl (C=O) groups excluding carboxylic acids is 1. The molecule has 0 bridgehead atoms. The van der Waals surface area contributed by atoms with Crippen LogP contribution in [0.4, 0.5) is 11.6 Å². The molecule has 0 saturated carbocycles. The number of pyridine rings is 2. The number of aromatic nitrogens is 3. The Morgan fingerprint density at radius 1 is 0.968 bits per heavy atom. The van der Waals surface area contributed by atoms with Gasteiger partial charge in [0.25, 0.3) is 0 Å². The zero-order valence-corrected chi connectivity index (χ0v) is 18.7. The Balaban J connectivity index is 1.88. The van der Waals surface area contributed by atoms with E-state index in [1.807, 2.05) is 53.9 Å². The molecular formula is C18H21B6N5O2. The van der Waals surface area contributed by atoms with Crippen LogP contribution in [0.5, 0.6) is 0 Å². The van der Waals surface area contributed by atoms with Gasteiger partial charge < -0.3 is 15.1 Å². The van der Waals surface area contributed by atoms with Crippen LogP contribution in [0.1, 0.15) is 0 Å². The average molecular weight is 404 g/mol. The lowest BCUT2D eigenvalue weighted by Gasteiger charge is -2.23. The first kappa shape index (κ1) is 21.2. The molecule has 13 heteroatoms. The fourth-order valence-electron chi connectivity index (χ4n) is 3.12. The minimum atomic E-state index is -0.531. The van der Waals surface area contributed by atoms with Crippen LogP contribution in [0.15, 0.2) is 47.1 Å². The number of rotatable bonds is 5. The lowest BCUT2D eigenvalue weighted by molar-refractivity contribution is -0.115. The molecule has 1 amide bonds. The number of para-hydroxylation sites is 2. The van der Waals surface area contributed by atoms with Crippen LogP contribution in [0.25, 0.3) is 33.3 Å². The van der Waals surface area contributed by atoms with Gasteiger partial charge in [0.05, 0.1) is 5.56 Å². The molecule has 3 heterocycles. The predicted octanol–water partition coefficient (Wildman–Crippen LogP) is -2.73. The maximum absolute atomic E-state index is 12.5. The molecule has 2 N–H and O–H groups in total. The summed E-state index contributed by atoms with van der Waals surface area (Å²) in [5.74, 6) is 1.55. The first-order valence-electron chi connectivity index (χ1n) is 10.3. The highest BCUT2D eigenvalue weighted by molar-refractivity contribution is 6.69. The van der Waals surface area contributed by atoms with Crippen molar-refractivity contribution in [1.29, 1.82) is 0 Å². The average Bonchev–Trinajstić information content (AvgIpc) is 3.10. The van der Waals surface area contributed by atoms with E-state index in [1.165, 1.54) is 0 Å². The molecule has 7 nitrogen and oxygen atoms in total. The normalized spacial score (nSPS) is 12.1. The van der Waals surface area contributed by atoms with Gasteiger partial charge in [-0.25, -0.2) is 15.0 Å². The van der Waals surface area contributed by atoms with Crippen molar-refractivity contribution >= 4 is 86.5 Å².